The average molecular weight is 258 g/mol. The number of nitrogens with zero attached hydrogens (tertiary/aromatic N) is 2. The zero-order valence-corrected chi connectivity index (χ0v) is 11.3. The van der Waals surface area contributed by atoms with E-state index >= 15 is 0 Å². The zero-order valence-electron chi connectivity index (χ0n) is 10.4. The smallest absolute Gasteiger partial charge is 0.140 e. The van der Waals surface area contributed by atoms with Crippen LogP contribution in [0, 0.1) is 25.2 Å². The molecule has 0 amide bonds. The molecule has 2 aromatic rings. The summed E-state index contributed by atoms with van der Waals surface area (Å²) < 4.78 is 5.68. The van der Waals surface area contributed by atoms with Gasteiger partial charge in [-0.3, -0.25) is 0 Å². The van der Waals surface area contributed by atoms with E-state index in [0.717, 1.165) is 21.3 Å². The molecule has 1 aromatic carbocycles. The minimum absolute atomic E-state index is 0.425. The lowest BCUT2D eigenvalue weighted by atomic mass is 10.2. The Labute approximate surface area is 111 Å². The van der Waals surface area contributed by atoms with Crippen molar-refractivity contribution in [1.82, 2.24) is 4.98 Å². The maximum Gasteiger partial charge on any atom is 0.140 e. The van der Waals surface area contributed by atoms with E-state index < -0.39 is 0 Å². The van der Waals surface area contributed by atoms with Crippen LogP contribution < -0.4 is 4.74 Å². The van der Waals surface area contributed by atoms with E-state index in [2.05, 4.69) is 11.1 Å². The summed E-state index contributed by atoms with van der Waals surface area (Å²) in [5, 5.41) is 9.61. The van der Waals surface area contributed by atoms with Crippen LogP contribution in [0.3, 0.4) is 0 Å². The number of hydrogen-bond donors (Lipinski definition) is 0. The molecule has 0 aliphatic carbocycles. The van der Waals surface area contributed by atoms with Crippen LogP contribution in [0.4, 0.5) is 0 Å². The number of rotatable bonds is 4. The predicted molar refractivity (Wildman–Crippen MR) is 71.7 cm³/mol. The number of hydrogen-bond acceptors (Lipinski definition) is 4. The number of benzene rings is 1. The molecule has 0 saturated carbocycles. The Hall–Kier alpha value is -1.86. The SMILES string of the molecule is Cc1cccc(OCc2nc(C)c(CC#N)s2)c1. The largest absolute Gasteiger partial charge is 0.486 e. The summed E-state index contributed by atoms with van der Waals surface area (Å²) in [6.07, 6.45) is 0.425. The van der Waals surface area contributed by atoms with Crippen molar-refractivity contribution in [3.05, 3.63) is 45.4 Å². The maximum atomic E-state index is 8.69. The summed E-state index contributed by atoms with van der Waals surface area (Å²) in [5.74, 6) is 0.852. The van der Waals surface area contributed by atoms with Gasteiger partial charge in [0.1, 0.15) is 17.4 Å². The second-order valence-corrected chi connectivity index (χ2v) is 5.22. The Balaban J connectivity index is 2.02. The summed E-state index contributed by atoms with van der Waals surface area (Å²) in [7, 11) is 0. The van der Waals surface area contributed by atoms with Crippen LogP contribution >= 0.6 is 11.3 Å². The van der Waals surface area contributed by atoms with Crippen LogP contribution in [0.1, 0.15) is 21.1 Å². The Morgan fingerprint density at radius 1 is 1.39 bits per heavy atom. The van der Waals surface area contributed by atoms with Gasteiger partial charge in [0.15, 0.2) is 0 Å². The Morgan fingerprint density at radius 2 is 2.22 bits per heavy atom. The minimum atomic E-state index is 0.425. The standard InChI is InChI=1S/C14H14N2OS/c1-10-4-3-5-12(8-10)17-9-14-16-11(2)13(18-14)6-7-15/h3-5,8H,6,9H2,1-2H3. The first-order chi connectivity index (χ1) is 8.69. The highest BCUT2D eigenvalue weighted by Gasteiger charge is 2.07. The van der Waals surface area contributed by atoms with E-state index in [1.807, 2.05) is 38.1 Å². The van der Waals surface area contributed by atoms with Gasteiger partial charge in [0.05, 0.1) is 18.2 Å². The molecule has 0 bridgehead atoms. The van der Waals surface area contributed by atoms with Crippen molar-refractivity contribution in [2.24, 2.45) is 0 Å². The van der Waals surface area contributed by atoms with E-state index in [-0.39, 0.29) is 0 Å². The van der Waals surface area contributed by atoms with Crippen molar-refractivity contribution < 1.29 is 4.74 Å². The highest BCUT2D eigenvalue weighted by Crippen LogP contribution is 2.21. The molecule has 0 unspecified atom stereocenters. The third-order valence-electron chi connectivity index (χ3n) is 2.53. The summed E-state index contributed by atoms with van der Waals surface area (Å²) in [4.78, 5) is 5.44. The van der Waals surface area contributed by atoms with Crippen LogP contribution in [-0.2, 0) is 13.0 Å². The van der Waals surface area contributed by atoms with Crippen molar-refractivity contribution in [2.45, 2.75) is 26.9 Å². The molecule has 0 atom stereocenters. The van der Waals surface area contributed by atoms with Gasteiger partial charge < -0.3 is 4.74 Å². The first-order valence-electron chi connectivity index (χ1n) is 5.70. The van der Waals surface area contributed by atoms with Crippen LogP contribution in [0.25, 0.3) is 0 Å². The van der Waals surface area contributed by atoms with E-state index in [1.54, 1.807) is 11.3 Å². The van der Waals surface area contributed by atoms with E-state index in [4.69, 9.17) is 10.00 Å². The monoisotopic (exact) mass is 258 g/mol. The highest BCUT2D eigenvalue weighted by atomic mass is 32.1. The topological polar surface area (TPSA) is 45.9 Å². The Morgan fingerprint density at radius 3 is 2.94 bits per heavy atom. The molecule has 0 aliphatic heterocycles. The van der Waals surface area contributed by atoms with E-state index in [1.165, 1.54) is 5.56 Å². The average Bonchev–Trinajstić information content (AvgIpc) is 2.69. The number of aromatic nitrogens is 1. The lowest BCUT2D eigenvalue weighted by Gasteiger charge is -2.04. The molecule has 0 aliphatic rings. The minimum Gasteiger partial charge on any atom is -0.486 e. The van der Waals surface area contributed by atoms with E-state index in [9.17, 15) is 0 Å². The van der Waals surface area contributed by atoms with Crippen molar-refractivity contribution >= 4 is 11.3 Å². The number of ether oxygens (including phenoxy) is 1. The van der Waals surface area contributed by atoms with Gasteiger partial charge >= 0.3 is 0 Å². The molecule has 4 heteroatoms. The molecule has 3 nitrogen and oxygen atoms in total. The molecule has 0 fully saturated rings. The fourth-order valence-electron chi connectivity index (χ4n) is 1.64. The number of nitriles is 1. The third kappa shape index (κ3) is 3.08. The van der Waals surface area contributed by atoms with Gasteiger partial charge in [0.25, 0.3) is 0 Å². The zero-order chi connectivity index (χ0) is 13.0. The van der Waals surface area contributed by atoms with E-state index in [0.29, 0.717) is 13.0 Å². The maximum absolute atomic E-state index is 8.69. The van der Waals surface area contributed by atoms with Crippen LogP contribution in [-0.4, -0.2) is 4.98 Å². The quantitative estimate of drug-likeness (QED) is 0.844. The molecule has 0 saturated heterocycles. The molecule has 1 aromatic heterocycles. The molecule has 18 heavy (non-hydrogen) atoms. The van der Waals surface area contributed by atoms with Crippen LogP contribution in [0.2, 0.25) is 0 Å². The summed E-state index contributed by atoms with van der Waals surface area (Å²) >= 11 is 1.55. The molecule has 92 valence electrons. The van der Waals surface area contributed by atoms with Gasteiger partial charge in [-0.2, -0.15) is 5.26 Å². The molecule has 0 radical (unpaired) electrons. The van der Waals surface area contributed by atoms with Gasteiger partial charge in [-0.25, -0.2) is 4.98 Å². The second kappa shape index (κ2) is 5.65. The first kappa shape index (κ1) is 12.6. The number of thiazole rings is 1. The molecule has 0 N–H and O–H groups in total. The summed E-state index contributed by atoms with van der Waals surface area (Å²) in [6.45, 7) is 4.42. The fraction of sp³-hybridized carbons (Fsp3) is 0.286. The van der Waals surface area contributed by atoms with Gasteiger partial charge in [0, 0.05) is 4.88 Å². The van der Waals surface area contributed by atoms with Crippen LogP contribution in [0.15, 0.2) is 24.3 Å². The lowest BCUT2D eigenvalue weighted by Crippen LogP contribution is -1.94. The van der Waals surface area contributed by atoms with Crippen LogP contribution in [0.5, 0.6) is 5.75 Å². The summed E-state index contributed by atoms with van der Waals surface area (Å²) in [6, 6.07) is 10.1. The molecular weight excluding hydrogens is 244 g/mol. The highest BCUT2D eigenvalue weighted by molar-refractivity contribution is 7.11. The molecular formula is C14H14N2OS. The summed E-state index contributed by atoms with van der Waals surface area (Å²) in [5.41, 5.74) is 2.11. The Kier molecular flexibility index (Phi) is 3.96. The van der Waals surface area contributed by atoms with Crippen molar-refractivity contribution in [3.63, 3.8) is 0 Å². The Bertz CT molecular complexity index is 584. The molecule has 2 rings (SSSR count). The normalized spacial score (nSPS) is 10.1. The predicted octanol–water partition coefficient (Wildman–Crippen LogP) is 3.41. The molecule has 1 heterocycles. The van der Waals surface area contributed by atoms with Crippen molar-refractivity contribution in [1.29, 1.82) is 5.26 Å². The van der Waals surface area contributed by atoms with Crippen molar-refractivity contribution in [2.75, 3.05) is 0 Å². The third-order valence-corrected chi connectivity index (χ3v) is 3.66. The number of aryl methyl sites for hydroxylation is 2. The second-order valence-electron chi connectivity index (χ2n) is 4.06. The van der Waals surface area contributed by atoms with Gasteiger partial charge in [-0.15, -0.1) is 11.3 Å². The van der Waals surface area contributed by atoms with Gasteiger partial charge in [-0.05, 0) is 31.5 Å². The lowest BCUT2D eigenvalue weighted by molar-refractivity contribution is 0.305. The van der Waals surface area contributed by atoms with Gasteiger partial charge in [0.2, 0.25) is 0 Å². The van der Waals surface area contributed by atoms with Crippen molar-refractivity contribution in [3.8, 4) is 11.8 Å². The fourth-order valence-corrected chi connectivity index (χ4v) is 2.55. The first-order valence-corrected chi connectivity index (χ1v) is 6.52. The molecule has 0 spiro atoms. The van der Waals surface area contributed by atoms with Gasteiger partial charge in [-0.1, -0.05) is 12.1 Å².